The molecule has 0 radical (unpaired) electrons. The number of rotatable bonds is 11. The summed E-state index contributed by atoms with van der Waals surface area (Å²) in [4.78, 5) is 28.1. The highest BCUT2D eigenvalue weighted by Crippen LogP contribution is 2.23. The Kier molecular flexibility index (Phi) is 10.2. The molecule has 9 heteroatoms. The number of sulfonamides is 1. The van der Waals surface area contributed by atoms with Gasteiger partial charge in [-0.3, -0.25) is 13.9 Å². The standard InChI is InChI=1S/C28H38BrN3O4S/c1-20-15-21(2)17-26(16-20)32(37(4,35)36)14-8-13-27(33)31(19-23-9-7-10-24(29)18-23)22(3)28(34)30-25-11-5-6-12-25/h7,9-10,15-18,22,25H,5-6,8,11-14,19H2,1-4H3,(H,30,34)/t22-/m0/s1. The smallest absolute Gasteiger partial charge is 0.242 e. The van der Waals surface area contributed by atoms with E-state index in [1.165, 1.54) is 10.6 Å². The molecule has 2 amide bonds. The van der Waals surface area contributed by atoms with Crippen molar-refractivity contribution >= 4 is 43.5 Å². The minimum absolute atomic E-state index is 0.131. The van der Waals surface area contributed by atoms with E-state index >= 15 is 0 Å². The minimum Gasteiger partial charge on any atom is -0.352 e. The van der Waals surface area contributed by atoms with Gasteiger partial charge in [-0.2, -0.15) is 0 Å². The van der Waals surface area contributed by atoms with Gasteiger partial charge in [0, 0.05) is 30.0 Å². The number of carbonyl (C=O) groups is 2. The number of nitrogens with one attached hydrogen (secondary N) is 1. The molecule has 2 aromatic rings. The normalized spacial score (nSPS) is 14.8. The van der Waals surface area contributed by atoms with E-state index in [1.807, 2.05) is 56.3 Å². The Hall–Kier alpha value is -2.39. The van der Waals surface area contributed by atoms with Crippen LogP contribution in [0.4, 0.5) is 5.69 Å². The summed E-state index contributed by atoms with van der Waals surface area (Å²) in [6.45, 7) is 6.10. The van der Waals surface area contributed by atoms with Crippen LogP contribution in [0, 0.1) is 13.8 Å². The molecular formula is C28H38BrN3O4S. The third-order valence-corrected chi connectivity index (χ3v) is 8.44. The van der Waals surface area contributed by atoms with Crippen molar-refractivity contribution < 1.29 is 18.0 Å². The first-order valence-electron chi connectivity index (χ1n) is 12.8. The van der Waals surface area contributed by atoms with Gasteiger partial charge in [0.2, 0.25) is 21.8 Å². The number of halogens is 1. The highest BCUT2D eigenvalue weighted by molar-refractivity contribution is 9.10. The first-order valence-corrected chi connectivity index (χ1v) is 15.5. The molecule has 0 unspecified atom stereocenters. The van der Waals surface area contributed by atoms with Gasteiger partial charge < -0.3 is 10.2 Å². The van der Waals surface area contributed by atoms with E-state index in [1.54, 1.807) is 11.8 Å². The second kappa shape index (κ2) is 12.9. The van der Waals surface area contributed by atoms with Crippen LogP contribution in [0.2, 0.25) is 0 Å². The van der Waals surface area contributed by atoms with Gasteiger partial charge >= 0.3 is 0 Å². The molecule has 202 valence electrons. The van der Waals surface area contributed by atoms with Crippen LogP contribution in [-0.2, 0) is 26.2 Å². The average Bonchev–Trinajstić information content (AvgIpc) is 3.31. The lowest BCUT2D eigenvalue weighted by Crippen LogP contribution is -2.49. The van der Waals surface area contributed by atoms with E-state index in [0.717, 1.165) is 46.8 Å². The minimum atomic E-state index is -3.53. The Labute approximate surface area is 229 Å². The molecule has 1 aliphatic rings. The number of amides is 2. The van der Waals surface area contributed by atoms with Gasteiger partial charge in [-0.15, -0.1) is 0 Å². The van der Waals surface area contributed by atoms with E-state index in [-0.39, 0.29) is 30.8 Å². The Morgan fingerprint density at radius 1 is 1.08 bits per heavy atom. The number of hydrogen-bond donors (Lipinski definition) is 1. The Morgan fingerprint density at radius 2 is 1.73 bits per heavy atom. The summed E-state index contributed by atoms with van der Waals surface area (Å²) in [5.74, 6) is -0.328. The maximum absolute atomic E-state index is 13.5. The predicted molar refractivity (Wildman–Crippen MR) is 152 cm³/mol. The highest BCUT2D eigenvalue weighted by atomic mass is 79.9. The number of nitrogens with zero attached hydrogens (tertiary/aromatic N) is 2. The summed E-state index contributed by atoms with van der Waals surface area (Å²) < 4.78 is 27.4. The fraction of sp³-hybridized carbons (Fsp3) is 0.500. The molecule has 0 bridgehead atoms. The molecule has 1 N–H and O–H groups in total. The lowest BCUT2D eigenvalue weighted by molar-refractivity contribution is -0.141. The second-order valence-electron chi connectivity index (χ2n) is 10.1. The maximum atomic E-state index is 13.5. The molecule has 0 saturated heterocycles. The highest BCUT2D eigenvalue weighted by Gasteiger charge is 2.28. The lowest BCUT2D eigenvalue weighted by atomic mass is 10.1. The maximum Gasteiger partial charge on any atom is 0.242 e. The molecule has 1 aliphatic carbocycles. The molecule has 0 spiro atoms. The average molecular weight is 593 g/mol. The monoisotopic (exact) mass is 591 g/mol. The number of anilines is 1. The molecule has 0 aromatic heterocycles. The second-order valence-corrected chi connectivity index (χ2v) is 12.9. The molecule has 0 aliphatic heterocycles. The third-order valence-electron chi connectivity index (χ3n) is 6.76. The van der Waals surface area contributed by atoms with Gasteiger partial charge in [0.15, 0.2) is 0 Å². The summed E-state index contributed by atoms with van der Waals surface area (Å²) in [6, 6.07) is 12.9. The topological polar surface area (TPSA) is 86.8 Å². The zero-order chi connectivity index (χ0) is 27.2. The van der Waals surface area contributed by atoms with E-state index in [2.05, 4.69) is 21.2 Å². The van der Waals surface area contributed by atoms with Crippen LogP contribution >= 0.6 is 15.9 Å². The SMILES string of the molecule is Cc1cc(C)cc(N(CCCC(=O)N(Cc2cccc(Br)c2)[C@@H](C)C(=O)NC2CCCC2)S(C)(=O)=O)c1. The van der Waals surface area contributed by atoms with Gasteiger partial charge in [0.05, 0.1) is 11.9 Å². The van der Waals surface area contributed by atoms with Crippen molar-refractivity contribution in [1.82, 2.24) is 10.2 Å². The molecule has 2 aromatic carbocycles. The molecule has 0 heterocycles. The van der Waals surface area contributed by atoms with E-state index < -0.39 is 16.1 Å². The summed E-state index contributed by atoms with van der Waals surface area (Å²) in [5.41, 5.74) is 3.46. The van der Waals surface area contributed by atoms with Crippen LogP contribution in [0.1, 0.15) is 62.1 Å². The van der Waals surface area contributed by atoms with E-state index in [0.29, 0.717) is 18.7 Å². The van der Waals surface area contributed by atoms with Crippen LogP contribution in [0.5, 0.6) is 0 Å². The van der Waals surface area contributed by atoms with Crippen molar-refractivity contribution in [3.05, 3.63) is 63.6 Å². The number of hydrogen-bond acceptors (Lipinski definition) is 4. The van der Waals surface area contributed by atoms with Gasteiger partial charge in [-0.25, -0.2) is 8.42 Å². The van der Waals surface area contributed by atoms with Gasteiger partial charge in [-0.05, 0) is 81.0 Å². The van der Waals surface area contributed by atoms with Gasteiger partial charge in [0.1, 0.15) is 6.04 Å². The van der Waals surface area contributed by atoms with Crippen molar-refractivity contribution in [2.24, 2.45) is 0 Å². The van der Waals surface area contributed by atoms with Crippen molar-refractivity contribution in [2.45, 2.75) is 77.9 Å². The largest absolute Gasteiger partial charge is 0.352 e. The van der Waals surface area contributed by atoms with Crippen LogP contribution in [0.25, 0.3) is 0 Å². The molecule has 1 saturated carbocycles. The van der Waals surface area contributed by atoms with Gasteiger partial charge in [0.25, 0.3) is 0 Å². The Morgan fingerprint density at radius 3 is 2.32 bits per heavy atom. The summed E-state index contributed by atoms with van der Waals surface area (Å²) in [7, 11) is -3.53. The summed E-state index contributed by atoms with van der Waals surface area (Å²) in [6.07, 6.45) is 5.81. The predicted octanol–water partition coefficient (Wildman–Crippen LogP) is 5.09. The first-order chi connectivity index (χ1) is 17.4. The Bertz CT molecular complexity index is 1190. The lowest BCUT2D eigenvalue weighted by Gasteiger charge is -2.30. The molecule has 3 rings (SSSR count). The van der Waals surface area contributed by atoms with Crippen LogP contribution < -0.4 is 9.62 Å². The van der Waals surface area contributed by atoms with Gasteiger partial charge in [-0.1, -0.05) is 47.0 Å². The van der Waals surface area contributed by atoms with Crippen LogP contribution in [-0.4, -0.2) is 50.0 Å². The number of benzene rings is 2. The number of aryl methyl sites for hydroxylation is 2. The molecule has 37 heavy (non-hydrogen) atoms. The molecular weight excluding hydrogens is 554 g/mol. The van der Waals surface area contributed by atoms with Crippen molar-refractivity contribution in [1.29, 1.82) is 0 Å². The first kappa shape index (κ1) is 29.2. The van der Waals surface area contributed by atoms with E-state index in [9.17, 15) is 18.0 Å². The summed E-state index contributed by atoms with van der Waals surface area (Å²) >= 11 is 3.48. The Balaban J connectivity index is 1.73. The van der Waals surface area contributed by atoms with E-state index in [4.69, 9.17) is 0 Å². The zero-order valence-electron chi connectivity index (χ0n) is 22.2. The quantitative estimate of drug-likeness (QED) is 0.394. The fourth-order valence-corrected chi connectivity index (χ4v) is 6.30. The third kappa shape index (κ3) is 8.57. The molecule has 1 atom stereocenters. The van der Waals surface area contributed by atoms with Crippen molar-refractivity contribution in [3.8, 4) is 0 Å². The van der Waals surface area contributed by atoms with Crippen molar-refractivity contribution in [3.63, 3.8) is 0 Å². The number of carbonyl (C=O) groups excluding carboxylic acids is 2. The molecule has 1 fully saturated rings. The zero-order valence-corrected chi connectivity index (χ0v) is 24.6. The fourth-order valence-electron chi connectivity index (χ4n) is 4.91. The van der Waals surface area contributed by atoms with Crippen LogP contribution in [0.15, 0.2) is 46.9 Å². The molecule has 7 nitrogen and oxygen atoms in total. The summed E-state index contributed by atoms with van der Waals surface area (Å²) in [5, 5.41) is 3.11. The van der Waals surface area contributed by atoms with Crippen molar-refractivity contribution in [2.75, 3.05) is 17.1 Å². The van der Waals surface area contributed by atoms with Crippen LogP contribution in [0.3, 0.4) is 0 Å².